The van der Waals surface area contributed by atoms with E-state index in [4.69, 9.17) is 4.74 Å². The van der Waals surface area contributed by atoms with Crippen LogP contribution in [0.3, 0.4) is 0 Å². The Morgan fingerprint density at radius 3 is 2.65 bits per heavy atom. The first-order valence-electron chi connectivity index (χ1n) is 5.72. The Morgan fingerprint density at radius 2 is 2.00 bits per heavy atom. The molecule has 3 nitrogen and oxygen atoms in total. The van der Waals surface area contributed by atoms with Crippen molar-refractivity contribution in [2.45, 2.75) is 26.4 Å². The Bertz CT molecular complexity index is 479. The van der Waals surface area contributed by atoms with Gasteiger partial charge in [-0.3, -0.25) is 0 Å². The predicted molar refractivity (Wildman–Crippen MR) is 64.4 cm³/mol. The Kier molecular flexibility index (Phi) is 4.97. The van der Waals surface area contributed by atoms with Crippen LogP contribution < -0.4 is 17.0 Å². The summed E-state index contributed by atoms with van der Waals surface area (Å²) in [5.74, 6) is 0. The van der Waals surface area contributed by atoms with Crippen LogP contribution in [0.25, 0.3) is 11.0 Å². The van der Waals surface area contributed by atoms with Gasteiger partial charge in [-0.25, -0.2) is 9.13 Å². The smallest absolute Gasteiger partial charge is 0.245 e. The number of ether oxygens (including phenoxy) is 1. The Labute approximate surface area is 108 Å². The minimum Gasteiger partial charge on any atom is -1.00 e. The lowest BCUT2D eigenvalue weighted by molar-refractivity contribution is -0.673. The van der Waals surface area contributed by atoms with Crippen LogP contribution in [0.15, 0.2) is 30.6 Å². The first-order valence-corrected chi connectivity index (χ1v) is 5.72. The minimum absolute atomic E-state index is 0. The van der Waals surface area contributed by atoms with Crippen molar-refractivity contribution in [3.8, 4) is 0 Å². The topological polar surface area (TPSA) is 18.0 Å². The zero-order valence-electron chi connectivity index (χ0n) is 10.6. The third kappa shape index (κ3) is 2.79. The van der Waals surface area contributed by atoms with Crippen LogP contribution in [0.1, 0.15) is 19.9 Å². The number of imidazole rings is 1. The molecule has 4 heteroatoms. The molecule has 0 N–H and O–H groups in total. The van der Waals surface area contributed by atoms with Crippen LogP contribution in [0.5, 0.6) is 0 Å². The molecule has 2 rings (SSSR count). The molecule has 0 radical (unpaired) electrons. The van der Waals surface area contributed by atoms with Crippen molar-refractivity contribution < 1.29 is 21.7 Å². The molecule has 0 aliphatic rings. The Hall–Kier alpha value is -1.06. The maximum atomic E-state index is 5.13. The van der Waals surface area contributed by atoms with Crippen LogP contribution in [-0.4, -0.2) is 18.3 Å². The molecule has 94 valence electrons. The van der Waals surface area contributed by atoms with Crippen LogP contribution in [0.4, 0.5) is 0 Å². The van der Waals surface area contributed by atoms with Crippen LogP contribution >= 0.6 is 0 Å². The van der Waals surface area contributed by atoms with E-state index in [0.29, 0.717) is 6.04 Å². The van der Waals surface area contributed by atoms with Crippen LogP contribution in [0.2, 0.25) is 0 Å². The van der Waals surface area contributed by atoms with Gasteiger partial charge in [0, 0.05) is 7.11 Å². The van der Waals surface area contributed by atoms with Gasteiger partial charge in [0.2, 0.25) is 6.33 Å². The van der Waals surface area contributed by atoms with Gasteiger partial charge in [0.1, 0.15) is 6.54 Å². The highest BCUT2D eigenvalue weighted by molar-refractivity contribution is 5.71. The van der Waals surface area contributed by atoms with E-state index in [9.17, 15) is 0 Å². The van der Waals surface area contributed by atoms with Crippen molar-refractivity contribution in [3.05, 3.63) is 30.6 Å². The molecule has 0 aliphatic carbocycles. The summed E-state index contributed by atoms with van der Waals surface area (Å²) < 4.78 is 9.68. The van der Waals surface area contributed by atoms with Crippen molar-refractivity contribution >= 4 is 11.0 Å². The average Bonchev–Trinajstić information content (AvgIpc) is 2.65. The molecule has 1 aromatic heterocycles. The number of methoxy groups -OCH3 is 1. The lowest BCUT2D eigenvalue weighted by atomic mass is 10.3. The molecule has 0 aliphatic heterocycles. The highest BCUT2D eigenvalue weighted by Crippen LogP contribution is 2.15. The normalized spacial score (nSPS) is 10.8. The molecule has 0 amide bonds. The van der Waals surface area contributed by atoms with Gasteiger partial charge < -0.3 is 17.1 Å². The average molecular weight is 255 g/mol. The number of benzene rings is 1. The van der Waals surface area contributed by atoms with Gasteiger partial charge in [-0.1, -0.05) is 12.1 Å². The first kappa shape index (κ1) is 14.0. The quantitative estimate of drug-likeness (QED) is 0.651. The van der Waals surface area contributed by atoms with E-state index in [1.165, 1.54) is 11.0 Å². The maximum absolute atomic E-state index is 5.13. The van der Waals surface area contributed by atoms with Crippen LogP contribution in [-0.2, 0) is 11.3 Å². The Balaban J connectivity index is 0.00000144. The van der Waals surface area contributed by atoms with Gasteiger partial charge in [0.05, 0.1) is 12.6 Å². The van der Waals surface area contributed by atoms with Gasteiger partial charge in [-0.2, -0.15) is 0 Å². The molecular formula is C13H19ClN2O. The fraction of sp³-hybridized carbons (Fsp3) is 0.462. The van der Waals surface area contributed by atoms with E-state index in [1.54, 1.807) is 7.11 Å². The van der Waals surface area contributed by atoms with E-state index in [-0.39, 0.29) is 12.4 Å². The molecule has 17 heavy (non-hydrogen) atoms. The molecule has 0 spiro atoms. The summed E-state index contributed by atoms with van der Waals surface area (Å²) in [6.07, 6.45) is 2.17. The second kappa shape index (κ2) is 6.03. The van der Waals surface area contributed by atoms with E-state index in [0.717, 1.165) is 13.2 Å². The monoisotopic (exact) mass is 254 g/mol. The molecule has 0 fully saturated rings. The van der Waals surface area contributed by atoms with Gasteiger partial charge >= 0.3 is 0 Å². The summed E-state index contributed by atoms with van der Waals surface area (Å²) in [7, 11) is 1.74. The van der Waals surface area contributed by atoms with Crippen molar-refractivity contribution in [2.24, 2.45) is 0 Å². The lowest BCUT2D eigenvalue weighted by Gasteiger charge is -1.99. The third-order valence-corrected chi connectivity index (χ3v) is 2.83. The fourth-order valence-corrected chi connectivity index (χ4v) is 1.98. The SMILES string of the molecule is COCC[n+]1cn(C(C)C)c2ccccc21.[Cl-]. The fourth-order valence-electron chi connectivity index (χ4n) is 1.98. The molecular weight excluding hydrogens is 236 g/mol. The summed E-state index contributed by atoms with van der Waals surface area (Å²) in [5, 5.41) is 0. The highest BCUT2D eigenvalue weighted by Gasteiger charge is 2.16. The molecule has 1 heterocycles. The number of hydrogen-bond acceptors (Lipinski definition) is 1. The van der Waals surface area contributed by atoms with Crippen molar-refractivity contribution in [1.82, 2.24) is 4.57 Å². The van der Waals surface area contributed by atoms with E-state index in [2.05, 4.69) is 53.6 Å². The van der Waals surface area contributed by atoms with E-state index in [1.807, 2.05) is 0 Å². The largest absolute Gasteiger partial charge is 1.00 e. The second-order valence-electron chi connectivity index (χ2n) is 4.29. The predicted octanol–water partition coefficient (Wildman–Crippen LogP) is -0.840. The van der Waals surface area contributed by atoms with Crippen LogP contribution in [0, 0.1) is 0 Å². The molecule has 2 aromatic rings. The van der Waals surface area contributed by atoms with Gasteiger partial charge in [-0.15, -0.1) is 0 Å². The van der Waals surface area contributed by atoms with Gasteiger partial charge in [0.15, 0.2) is 11.0 Å². The first-order chi connectivity index (χ1) is 7.74. The molecule has 0 saturated heterocycles. The standard InChI is InChI=1S/C13H19N2O.ClH/c1-11(2)15-10-14(8-9-16-3)12-6-4-5-7-13(12)15;/h4-7,10-11H,8-9H2,1-3H3;1H/q+1;/p-1. The zero-order chi connectivity index (χ0) is 11.5. The number of aromatic nitrogens is 2. The molecule has 0 saturated carbocycles. The molecule has 0 bridgehead atoms. The van der Waals surface area contributed by atoms with E-state index < -0.39 is 0 Å². The van der Waals surface area contributed by atoms with Crippen molar-refractivity contribution in [3.63, 3.8) is 0 Å². The number of hydrogen-bond donors (Lipinski definition) is 0. The summed E-state index contributed by atoms with van der Waals surface area (Å²) in [6.45, 7) is 6.05. The number of fused-ring (bicyclic) bond motifs is 1. The molecule has 1 aromatic carbocycles. The minimum atomic E-state index is 0. The number of para-hydroxylation sites is 2. The summed E-state index contributed by atoms with van der Waals surface area (Å²) >= 11 is 0. The summed E-state index contributed by atoms with van der Waals surface area (Å²) in [5.41, 5.74) is 2.56. The maximum Gasteiger partial charge on any atom is 0.245 e. The second-order valence-corrected chi connectivity index (χ2v) is 4.29. The third-order valence-electron chi connectivity index (χ3n) is 2.83. The number of rotatable bonds is 4. The van der Waals surface area contributed by atoms with E-state index >= 15 is 0 Å². The zero-order valence-corrected chi connectivity index (χ0v) is 11.3. The van der Waals surface area contributed by atoms with Crippen molar-refractivity contribution in [1.29, 1.82) is 0 Å². The van der Waals surface area contributed by atoms with Gasteiger partial charge in [0.25, 0.3) is 0 Å². The molecule has 0 unspecified atom stereocenters. The molecule has 0 atom stereocenters. The van der Waals surface area contributed by atoms with Crippen molar-refractivity contribution in [2.75, 3.05) is 13.7 Å². The summed E-state index contributed by atoms with van der Waals surface area (Å²) in [4.78, 5) is 0. The number of nitrogens with zero attached hydrogens (tertiary/aromatic N) is 2. The summed E-state index contributed by atoms with van der Waals surface area (Å²) in [6, 6.07) is 8.97. The number of halogens is 1. The lowest BCUT2D eigenvalue weighted by Crippen LogP contribution is -3.00. The Morgan fingerprint density at radius 1 is 1.29 bits per heavy atom. The van der Waals surface area contributed by atoms with Gasteiger partial charge in [-0.05, 0) is 26.0 Å². The highest BCUT2D eigenvalue weighted by atomic mass is 35.5.